The van der Waals surface area contributed by atoms with Gasteiger partial charge in [-0.1, -0.05) is 13.0 Å². The lowest BCUT2D eigenvalue weighted by Crippen LogP contribution is -2.40. The fourth-order valence-electron chi connectivity index (χ4n) is 1.58. The standard InChI is InChI=1S/C12H15FO4/c1-7(12(2,16)11(14)15)10-8(13)5-4-6-9(10)17-3/h4-7,16H,1-3H3,(H,14,15). The number of hydrogen-bond acceptors (Lipinski definition) is 3. The number of aliphatic carboxylic acids is 1. The Kier molecular flexibility index (Phi) is 3.72. The summed E-state index contributed by atoms with van der Waals surface area (Å²) in [6.45, 7) is 2.57. The quantitative estimate of drug-likeness (QED) is 0.844. The zero-order valence-electron chi connectivity index (χ0n) is 9.90. The third-order valence-corrected chi connectivity index (χ3v) is 2.94. The molecule has 2 atom stereocenters. The average molecular weight is 242 g/mol. The molecular weight excluding hydrogens is 227 g/mol. The van der Waals surface area contributed by atoms with Gasteiger partial charge in [0.05, 0.1) is 7.11 Å². The molecule has 0 bridgehead atoms. The molecule has 0 radical (unpaired) electrons. The van der Waals surface area contributed by atoms with Gasteiger partial charge in [0.2, 0.25) is 0 Å². The summed E-state index contributed by atoms with van der Waals surface area (Å²) in [5, 5.41) is 18.8. The molecule has 1 aromatic rings. The number of ether oxygens (including phenoxy) is 1. The van der Waals surface area contributed by atoms with Gasteiger partial charge in [-0.15, -0.1) is 0 Å². The van der Waals surface area contributed by atoms with Crippen LogP contribution in [0.4, 0.5) is 4.39 Å². The molecule has 17 heavy (non-hydrogen) atoms. The van der Waals surface area contributed by atoms with Gasteiger partial charge in [-0.3, -0.25) is 0 Å². The van der Waals surface area contributed by atoms with Gasteiger partial charge in [-0.05, 0) is 19.1 Å². The highest BCUT2D eigenvalue weighted by Gasteiger charge is 2.40. The van der Waals surface area contributed by atoms with Crippen LogP contribution in [-0.4, -0.2) is 28.9 Å². The molecule has 1 rings (SSSR count). The van der Waals surface area contributed by atoms with Crippen LogP contribution in [0.5, 0.6) is 5.75 Å². The Morgan fingerprint density at radius 1 is 1.53 bits per heavy atom. The van der Waals surface area contributed by atoms with Crippen molar-refractivity contribution in [2.45, 2.75) is 25.4 Å². The topological polar surface area (TPSA) is 66.8 Å². The highest BCUT2D eigenvalue weighted by atomic mass is 19.1. The smallest absolute Gasteiger partial charge is 0.336 e. The molecule has 0 heterocycles. The van der Waals surface area contributed by atoms with Crippen molar-refractivity contribution in [2.24, 2.45) is 0 Å². The molecule has 4 nitrogen and oxygen atoms in total. The van der Waals surface area contributed by atoms with Crippen molar-refractivity contribution in [3.05, 3.63) is 29.6 Å². The third-order valence-electron chi connectivity index (χ3n) is 2.94. The first-order valence-corrected chi connectivity index (χ1v) is 5.10. The van der Waals surface area contributed by atoms with Crippen LogP contribution in [0.1, 0.15) is 25.3 Å². The summed E-state index contributed by atoms with van der Waals surface area (Å²) in [6, 6.07) is 4.18. The van der Waals surface area contributed by atoms with Crippen molar-refractivity contribution >= 4 is 5.97 Å². The molecule has 0 saturated heterocycles. The number of benzene rings is 1. The highest BCUT2D eigenvalue weighted by Crippen LogP contribution is 2.36. The largest absolute Gasteiger partial charge is 0.496 e. The second-order valence-electron chi connectivity index (χ2n) is 4.03. The number of carbonyl (C=O) groups is 1. The van der Waals surface area contributed by atoms with Crippen molar-refractivity contribution in [1.82, 2.24) is 0 Å². The van der Waals surface area contributed by atoms with E-state index in [1.165, 1.54) is 32.2 Å². The second kappa shape index (κ2) is 4.71. The first kappa shape index (κ1) is 13.4. The number of aliphatic hydroxyl groups is 1. The zero-order valence-corrected chi connectivity index (χ0v) is 9.90. The monoisotopic (exact) mass is 242 g/mol. The molecule has 0 aliphatic rings. The Morgan fingerprint density at radius 3 is 2.59 bits per heavy atom. The maximum atomic E-state index is 13.7. The van der Waals surface area contributed by atoms with Crippen molar-refractivity contribution < 1.29 is 24.1 Å². The van der Waals surface area contributed by atoms with Gasteiger partial charge in [-0.25, -0.2) is 9.18 Å². The summed E-state index contributed by atoms with van der Waals surface area (Å²) in [4.78, 5) is 10.9. The van der Waals surface area contributed by atoms with Crippen molar-refractivity contribution in [3.63, 3.8) is 0 Å². The van der Waals surface area contributed by atoms with Gasteiger partial charge < -0.3 is 14.9 Å². The zero-order chi connectivity index (χ0) is 13.2. The Hall–Kier alpha value is -1.62. The number of carboxylic acids is 1. The normalized spacial score (nSPS) is 16.1. The summed E-state index contributed by atoms with van der Waals surface area (Å²) in [5.74, 6) is -2.72. The minimum absolute atomic E-state index is 0.0578. The van der Waals surface area contributed by atoms with E-state index < -0.39 is 23.3 Å². The van der Waals surface area contributed by atoms with E-state index in [0.29, 0.717) is 0 Å². The molecule has 94 valence electrons. The van der Waals surface area contributed by atoms with Crippen molar-refractivity contribution in [3.8, 4) is 5.75 Å². The molecule has 0 fully saturated rings. The van der Waals surface area contributed by atoms with Crippen LogP contribution < -0.4 is 4.74 Å². The van der Waals surface area contributed by atoms with Gasteiger partial charge in [-0.2, -0.15) is 0 Å². The van der Waals surface area contributed by atoms with E-state index in [0.717, 1.165) is 6.92 Å². The maximum Gasteiger partial charge on any atom is 0.336 e. The molecule has 2 unspecified atom stereocenters. The van der Waals surface area contributed by atoms with E-state index in [4.69, 9.17) is 9.84 Å². The van der Waals surface area contributed by atoms with Crippen LogP contribution in [0.3, 0.4) is 0 Å². The predicted octanol–water partition coefficient (Wildman–Crippen LogP) is 1.77. The fraction of sp³-hybridized carbons (Fsp3) is 0.417. The Bertz CT molecular complexity index is 429. The molecular formula is C12H15FO4. The SMILES string of the molecule is COc1cccc(F)c1C(C)C(C)(O)C(=O)O. The number of carboxylic acid groups (broad SMARTS) is 1. The van der Waals surface area contributed by atoms with Gasteiger partial charge >= 0.3 is 5.97 Å². The van der Waals surface area contributed by atoms with Crippen molar-refractivity contribution in [1.29, 1.82) is 0 Å². The van der Waals surface area contributed by atoms with Gasteiger partial charge in [0.1, 0.15) is 11.6 Å². The molecule has 0 aromatic heterocycles. The lowest BCUT2D eigenvalue weighted by Gasteiger charge is -2.27. The van der Waals surface area contributed by atoms with Crippen LogP contribution in [-0.2, 0) is 4.79 Å². The number of halogens is 1. The molecule has 1 aromatic carbocycles. The summed E-state index contributed by atoms with van der Waals surface area (Å²) in [5.41, 5.74) is -2.00. The van der Waals surface area contributed by atoms with Gasteiger partial charge in [0, 0.05) is 11.5 Å². The second-order valence-corrected chi connectivity index (χ2v) is 4.03. The van der Waals surface area contributed by atoms with Crippen LogP contribution in [0.15, 0.2) is 18.2 Å². The lowest BCUT2D eigenvalue weighted by molar-refractivity contribution is -0.158. The minimum atomic E-state index is -2.06. The van der Waals surface area contributed by atoms with Crippen LogP contribution >= 0.6 is 0 Å². The van der Waals surface area contributed by atoms with E-state index in [2.05, 4.69) is 0 Å². The van der Waals surface area contributed by atoms with Crippen molar-refractivity contribution in [2.75, 3.05) is 7.11 Å². The van der Waals surface area contributed by atoms with Crippen LogP contribution in [0.2, 0.25) is 0 Å². The molecule has 0 spiro atoms. The van der Waals surface area contributed by atoms with Gasteiger partial charge in [0.25, 0.3) is 0 Å². The average Bonchev–Trinajstić information content (AvgIpc) is 2.27. The first-order valence-electron chi connectivity index (χ1n) is 5.10. The van der Waals surface area contributed by atoms with E-state index >= 15 is 0 Å². The van der Waals surface area contributed by atoms with Crippen LogP contribution in [0.25, 0.3) is 0 Å². The third kappa shape index (κ3) is 2.39. The molecule has 0 amide bonds. The molecule has 0 saturated carbocycles. The predicted molar refractivity (Wildman–Crippen MR) is 59.6 cm³/mol. The summed E-state index contributed by atoms with van der Waals surface area (Å²) < 4.78 is 18.7. The number of methoxy groups -OCH3 is 1. The summed E-state index contributed by atoms with van der Waals surface area (Å²) >= 11 is 0. The van der Waals surface area contributed by atoms with Gasteiger partial charge in [0.15, 0.2) is 5.60 Å². The maximum absolute atomic E-state index is 13.7. The Balaban J connectivity index is 3.29. The fourth-order valence-corrected chi connectivity index (χ4v) is 1.58. The summed E-state index contributed by atoms with van der Waals surface area (Å²) in [6.07, 6.45) is 0. The first-order chi connectivity index (χ1) is 7.82. The van der Waals surface area contributed by atoms with E-state index in [-0.39, 0.29) is 11.3 Å². The van der Waals surface area contributed by atoms with E-state index in [1.54, 1.807) is 0 Å². The van der Waals surface area contributed by atoms with E-state index in [1.807, 2.05) is 0 Å². The van der Waals surface area contributed by atoms with Crippen LogP contribution in [0, 0.1) is 5.82 Å². The minimum Gasteiger partial charge on any atom is -0.496 e. The van der Waals surface area contributed by atoms with E-state index in [9.17, 15) is 14.3 Å². The lowest BCUT2D eigenvalue weighted by atomic mass is 9.84. The Morgan fingerprint density at radius 2 is 2.12 bits per heavy atom. The molecule has 2 N–H and O–H groups in total. The Labute approximate surface area is 98.7 Å². The summed E-state index contributed by atoms with van der Waals surface area (Å²) in [7, 11) is 1.36. The number of hydrogen-bond donors (Lipinski definition) is 2. The highest BCUT2D eigenvalue weighted by molar-refractivity contribution is 5.78. The molecule has 0 aliphatic heterocycles. The molecule has 5 heteroatoms. The molecule has 0 aliphatic carbocycles. The number of rotatable bonds is 4.